The van der Waals surface area contributed by atoms with Crippen molar-refractivity contribution < 1.29 is 9.21 Å². The number of hydrogen-bond acceptors (Lipinski definition) is 4. The van der Waals surface area contributed by atoms with Crippen LogP contribution in [0.3, 0.4) is 0 Å². The van der Waals surface area contributed by atoms with Crippen molar-refractivity contribution in [2.75, 3.05) is 6.54 Å². The van der Waals surface area contributed by atoms with Crippen molar-refractivity contribution in [3.8, 4) is 11.5 Å². The summed E-state index contributed by atoms with van der Waals surface area (Å²) < 4.78 is 7.80. The fraction of sp³-hybridized carbons (Fsp3) is 0.190. The lowest BCUT2D eigenvalue weighted by atomic mass is 10.0. The Morgan fingerprint density at radius 2 is 2.11 bits per heavy atom. The van der Waals surface area contributed by atoms with Gasteiger partial charge in [0.2, 0.25) is 0 Å². The summed E-state index contributed by atoms with van der Waals surface area (Å²) in [7, 11) is 0. The first-order valence-electron chi connectivity index (χ1n) is 9.20. The van der Waals surface area contributed by atoms with Crippen LogP contribution in [0.4, 0.5) is 0 Å². The second kappa shape index (κ2) is 6.53. The molecule has 0 saturated heterocycles. The summed E-state index contributed by atoms with van der Waals surface area (Å²) in [5, 5.41) is 7.16. The number of fused-ring (bicyclic) bond motifs is 1. The Kier molecular flexibility index (Phi) is 3.86. The van der Waals surface area contributed by atoms with Crippen LogP contribution in [0, 0.1) is 6.92 Å². The third-order valence-corrected chi connectivity index (χ3v) is 5.07. The number of aromatic nitrogens is 4. The molecule has 1 aliphatic heterocycles. The second-order valence-electron chi connectivity index (χ2n) is 6.86. The van der Waals surface area contributed by atoms with Crippen molar-refractivity contribution >= 4 is 5.91 Å². The van der Waals surface area contributed by atoms with E-state index >= 15 is 0 Å². The number of aryl methyl sites for hydroxylation is 1. The Morgan fingerprint density at radius 1 is 1.18 bits per heavy atom. The minimum absolute atomic E-state index is 0.131. The molecule has 0 unspecified atom stereocenters. The lowest BCUT2D eigenvalue weighted by molar-refractivity contribution is 0.0654. The van der Waals surface area contributed by atoms with E-state index in [1.165, 1.54) is 0 Å². The van der Waals surface area contributed by atoms with Gasteiger partial charge in [-0.1, -0.05) is 6.07 Å². The summed E-state index contributed by atoms with van der Waals surface area (Å²) in [6, 6.07) is 15.1. The quantitative estimate of drug-likeness (QED) is 0.597. The molecule has 1 aliphatic rings. The highest BCUT2D eigenvalue weighted by atomic mass is 16.3. The summed E-state index contributed by atoms with van der Waals surface area (Å²) in [6.45, 7) is 3.21. The Morgan fingerprint density at radius 3 is 2.89 bits per heavy atom. The van der Waals surface area contributed by atoms with Gasteiger partial charge in [-0.3, -0.25) is 14.9 Å². The molecule has 0 saturated carbocycles. The highest BCUT2D eigenvalue weighted by molar-refractivity contribution is 5.93. The van der Waals surface area contributed by atoms with Gasteiger partial charge in [-0.25, -0.2) is 0 Å². The minimum Gasteiger partial charge on any atom is -0.460 e. The molecule has 0 fully saturated rings. The molecule has 0 spiro atoms. The molecular formula is C21H19N5O2. The zero-order valence-electron chi connectivity index (χ0n) is 15.4. The van der Waals surface area contributed by atoms with Crippen molar-refractivity contribution in [1.82, 2.24) is 24.6 Å². The number of carbonyl (C=O) groups is 1. The van der Waals surface area contributed by atoms with Crippen LogP contribution in [-0.2, 0) is 6.54 Å². The smallest absolute Gasteiger partial charge is 0.275 e. The third-order valence-electron chi connectivity index (χ3n) is 5.07. The lowest BCUT2D eigenvalue weighted by Crippen LogP contribution is -2.42. The standard InChI is InChI=1S/C21H19N5O2/c1-14-7-8-19(28-14)16-13-17(24-23-16)21(27)26-12-11-25-10-4-6-18(25)20(26)15-5-2-3-9-22-15/h2-10,13,20H,11-12H2,1H3,(H,23,24)/t20-/m0/s1. The van der Waals surface area contributed by atoms with Gasteiger partial charge in [0.05, 0.1) is 5.69 Å². The van der Waals surface area contributed by atoms with Gasteiger partial charge in [0.25, 0.3) is 5.91 Å². The van der Waals surface area contributed by atoms with E-state index in [4.69, 9.17) is 4.42 Å². The number of nitrogens with one attached hydrogen (secondary N) is 1. The van der Waals surface area contributed by atoms with Crippen molar-refractivity contribution in [3.05, 3.63) is 83.8 Å². The maximum atomic E-state index is 13.3. The van der Waals surface area contributed by atoms with Gasteiger partial charge in [-0.05, 0) is 43.3 Å². The molecule has 1 atom stereocenters. The maximum Gasteiger partial charge on any atom is 0.275 e. The number of aromatic amines is 1. The zero-order chi connectivity index (χ0) is 19.1. The predicted molar refractivity (Wildman–Crippen MR) is 103 cm³/mol. The molecule has 1 amide bonds. The average molecular weight is 373 g/mol. The molecular weight excluding hydrogens is 354 g/mol. The van der Waals surface area contributed by atoms with E-state index in [0.717, 1.165) is 23.7 Å². The summed E-state index contributed by atoms with van der Waals surface area (Å²) in [6.07, 6.45) is 3.80. The summed E-state index contributed by atoms with van der Waals surface area (Å²) in [5.41, 5.74) is 2.94. The van der Waals surface area contributed by atoms with Gasteiger partial charge >= 0.3 is 0 Å². The fourth-order valence-electron chi connectivity index (χ4n) is 3.74. The molecule has 4 aromatic rings. The molecule has 4 aromatic heterocycles. The number of rotatable bonds is 3. The lowest BCUT2D eigenvalue weighted by Gasteiger charge is -2.36. The Labute approximate surface area is 161 Å². The first-order chi connectivity index (χ1) is 13.7. The monoisotopic (exact) mass is 373 g/mol. The molecule has 0 aliphatic carbocycles. The first kappa shape index (κ1) is 16.6. The largest absolute Gasteiger partial charge is 0.460 e. The van der Waals surface area contributed by atoms with Crippen molar-refractivity contribution in [3.63, 3.8) is 0 Å². The van der Waals surface area contributed by atoms with E-state index in [1.54, 1.807) is 12.3 Å². The van der Waals surface area contributed by atoms with Crippen molar-refractivity contribution in [2.24, 2.45) is 0 Å². The molecule has 7 heteroatoms. The third kappa shape index (κ3) is 2.72. The van der Waals surface area contributed by atoms with Crippen LogP contribution in [-0.4, -0.2) is 37.1 Å². The Hall–Kier alpha value is -3.61. The topological polar surface area (TPSA) is 80.0 Å². The SMILES string of the molecule is Cc1ccc(-c2cc(C(=O)N3CCn4cccc4[C@@H]3c3ccccn3)n[nH]2)o1. The number of pyridine rings is 1. The van der Waals surface area contributed by atoms with Crippen molar-refractivity contribution in [1.29, 1.82) is 0 Å². The average Bonchev–Trinajstić information content (AvgIpc) is 3.47. The van der Waals surface area contributed by atoms with Crippen LogP contribution in [0.2, 0.25) is 0 Å². The van der Waals surface area contributed by atoms with E-state index < -0.39 is 0 Å². The second-order valence-corrected chi connectivity index (χ2v) is 6.86. The minimum atomic E-state index is -0.247. The number of H-pyrrole nitrogens is 1. The molecule has 28 heavy (non-hydrogen) atoms. The fourth-order valence-corrected chi connectivity index (χ4v) is 3.74. The van der Waals surface area contributed by atoms with Crippen LogP contribution in [0.1, 0.15) is 33.7 Å². The van der Waals surface area contributed by atoms with Gasteiger partial charge in [0.15, 0.2) is 11.5 Å². The van der Waals surface area contributed by atoms with E-state index in [9.17, 15) is 4.79 Å². The predicted octanol–water partition coefficient (Wildman–Crippen LogP) is 3.42. The summed E-state index contributed by atoms with van der Waals surface area (Å²) in [5.74, 6) is 1.34. The molecule has 5 rings (SSSR count). The van der Waals surface area contributed by atoms with E-state index in [-0.39, 0.29) is 11.9 Å². The van der Waals surface area contributed by atoms with Gasteiger partial charge in [0.1, 0.15) is 17.5 Å². The Bertz CT molecular complexity index is 1120. The summed E-state index contributed by atoms with van der Waals surface area (Å²) >= 11 is 0. The van der Waals surface area contributed by atoms with Gasteiger partial charge in [-0.15, -0.1) is 0 Å². The molecule has 140 valence electrons. The van der Waals surface area contributed by atoms with Crippen LogP contribution in [0.25, 0.3) is 11.5 Å². The van der Waals surface area contributed by atoms with Gasteiger partial charge in [-0.2, -0.15) is 5.10 Å². The highest BCUT2D eigenvalue weighted by Crippen LogP contribution is 2.32. The molecule has 1 N–H and O–H groups in total. The van der Waals surface area contributed by atoms with Gasteiger partial charge in [0, 0.05) is 37.2 Å². The van der Waals surface area contributed by atoms with Crippen LogP contribution in [0.5, 0.6) is 0 Å². The first-order valence-corrected chi connectivity index (χ1v) is 9.20. The molecule has 0 radical (unpaired) electrons. The summed E-state index contributed by atoms with van der Waals surface area (Å²) in [4.78, 5) is 19.7. The number of hydrogen-bond donors (Lipinski definition) is 1. The van der Waals surface area contributed by atoms with Crippen LogP contribution in [0.15, 0.2) is 65.3 Å². The molecule has 7 nitrogen and oxygen atoms in total. The van der Waals surface area contributed by atoms with Crippen LogP contribution < -0.4 is 0 Å². The van der Waals surface area contributed by atoms with Crippen molar-refractivity contribution in [2.45, 2.75) is 19.5 Å². The maximum absolute atomic E-state index is 13.3. The Balaban J connectivity index is 1.51. The van der Waals surface area contributed by atoms with Gasteiger partial charge < -0.3 is 13.9 Å². The van der Waals surface area contributed by atoms with Crippen LogP contribution >= 0.6 is 0 Å². The highest BCUT2D eigenvalue weighted by Gasteiger charge is 2.34. The number of carbonyl (C=O) groups excluding carboxylic acids is 1. The van der Waals surface area contributed by atoms with E-state index in [1.807, 2.05) is 60.5 Å². The number of amides is 1. The normalized spacial score (nSPS) is 16.2. The molecule has 0 bridgehead atoms. The van der Waals surface area contributed by atoms with E-state index in [2.05, 4.69) is 19.7 Å². The number of nitrogens with zero attached hydrogens (tertiary/aromatic N) is 4. The molecule has 5 heterocycles. The zero-order valence-corrected chi connectivity index (χ0v) is 15.4. The number of furan rings is 1. The van der Waals surface area contributed by atoms with E-state index in [0.29, 0.717) is 23.7 Å². The molecule has 0 aromatic carbocycles.